The molecule has 2 N–H and O–H groups in total. The molecule has 1 aliphatic rings. The van der Waals surface area contributed by atoms with Gasteiger partial charge in [-0.15, -0.1) is 11.3 Å². The molecule has 7 heterocycles. The Morgan fingerprint density at radius 2 is 1.89 bits per heavy atom. The number of fused-ring (bicyclic) bond motifs is 2. The quantitative estimate of drug-likeness (QED) is 0.279. The van der Waals surface area contributed by atoms with Gasteiger partial charge in [0.05, 0.1) is 34.0 Å². The van der Waals surface area contributed by atoms with Crippen LogP contribution in [0.2, 0.25) is 0 Å². The highest BCUT2D eigenvalue weighted by atomic mass is 32.1. The largest absolute Gasteiger partial charge is 0.335 e. The highest BCUT2D eigenvalue weighted by molar-refractivity contribution is 7.17. The van der Waals surface area contributed by atoms with E-state index in [1.54, 1.807) is 25.5 Å². The van der Waals surface area contributed by atoms with Crippen molar-refractivity contribution in [2.75, 3.05) is 13.1 Å². The molecule has 0 atom stereocenters. The normalized spacial score (nSPS) is 14.1. The van der Waals surface area contributed by atoms with Gasteiger partial charge in [-0.3, -0.25) is 29.7 Å². The van der Waals surface area contributed by atoms with E-state index in [0.29, 0.717) is 16.4 Å². The number of pyridine rings is 3. The van der Waals surface area contributed by atoms with Crippen molar-refractivity contribution in [2.45, 2.75) is 26.3 Å². The second-order valence-electron chi connectivity index (χ2n) is 9.64. The zero-order valence-electron chi connectivity index (χ0n) is 20.7. The molecule has 7 rings (SSSR count). The molecule has 0 radical (unpaired) electrons. The fourth-order valence-corrected chi connectivity index (χ4v) is 5.98. The maximum atomic E-state index is 11.8. The van der Waals surface area contributed by atoms with Crippen molar-refractivity contribution < 1.29 is 4.79 Å². The summed E-state index contributed by atoms with van der Waals surface area (Å²) < 4.78 is 0. The summed E-state index contributed by atoms with van der Waals surface area (Å²) in [7, 11) is 0. The zero-order valence-corrected chi connectivity index (χ0v) is 21.5. The number of thiophene rings is 1. The summed E-state index contributed by atoms with van der Waals surface area (Å²) in [5, 5.41) is 8.57. The Hall–Kier alpha value is -4.28. The number of Topliss-reactive ketones (excluding diaryl/α,β-unsaturated/α-hetero) is 1. The van der Waals surface area contributed by atoms with Crippen molar-refractivity contribution in [1.82, 2.24) is 40.0 Å². The average Bonchev–Trinajstić information content (AvgIpc) is 3.74. The molecule has 10 heteroatoms. The number of rotatable bonds is 6. The lowest BCUT2D eigenvalue weighted by Gasteiger charge is -2.14. The number of carbonyl (C=O) groups excluding carboxylic acids is 1. The number of hydrogen-bond acceptors (Lipinski definition) is 8. The Kier molecular flexibility index (Phi) is 5.56. The van der Waals surface area contributed by atoms with E-state index in [1.807, 2.05) is 30.6 Å². The Morgan fingerprint density at radius 3 is 2.74 bits per heavy atom. The second-order valence-corrected chi connectivity index (χ2v) is 10.7. The van der Waals surface area contributed by atoms with E-state index >= 15 is 0 Å². The van der Waals surface area contributed by atoms with E-state index in [0.717, 1.165) is 63.3 Å². The van der Waals surface area contributed by atoms with E-state index in [9.17, 15) is 4.79 Å². The fraction of sp³-hybridized carbons (Fsp3) is 0.214. The molecule has 1 saturated heterocycles. The summed E-state index contributed by atoms with van der Waals surface area (Å²) >= 11 is 1.45. The first kappa shape index (κ1) is 22.9. The van der Waals surface area contributed by atoms with Crippen molar-refractivity contribution >= 4 is 39.1 Å². The molecule has 188 valence electrons. The van der Waals surface area contributed by atoms with Gasteiger partial charge in [0.25, 0.3) is 0 Å². The van der Waals surface area contributed by atoms with Gasteiger partial charge in [-0.1, -0.05) is 0 Å². The first-order chi connectivity index (χ1) is 18.6. The number of aromatic amines is 2. The molecule has 0 aliphatic carbocycles. The lowest BCUT2D eigenvalue weighted by Crippen LogP contribution is -2.18. The number of ketones is 1. The summed E-state index contributed by atoms with van der Waals surface area (Å²) in [5.41, 5.74) is 7.02. The van der Waals surface area contributed by atoms with Gasteiger partial charge >= 0.3 is 0 Å². The number of carbonyl (C=O) groups is 1. The van der Waals surface area contributed by atoms with Gasteiger partial charge < -0.3 is 4.98 Å². The number of aromatic nitrogens is 7. The molecule has 0 aromatic carbocycles. The zero-order chi connectivity index (χ0) is 25.6. The first-order valence-corrected chi connectivity index (χ1v) is 13.4. The van der Waals surface area contributed by atoms with Crippen LogP contribution in [0.25, 0.3) is 55.2 Å². The highest BCUT2D eigenvalue weighted by Crippen LogP contribution is 2.35. The number of H-pyrrole nitrogens is 2. The summed E-state index contributed by atoms with van der Waals surface area (Å²) in [6.07, 6.45) is 11.7. The van der Waals surface area contributed by atoms with Crippen molar-refractivity contribution in [3.05, 3.63) is 65.7 Å². The lowest BCUT2D eigenvalue weighted by atomic mass is 10.1. The molecule has 0 saturated carbocycles. The molecule has 0 bridgehead atoms. The van der Waals surface area contributed by atoms with Crippen LogP contribution in [-0.2, 0) is 6.54 Å². The molecular formula is C28H24N8OS. The molecule has 0 unspecified atom stereocenters. The van der Waals surface area contributed by atoms with Crippen LogP contribution in [0.1, 0.15) is 35.0 Å². The Balaban J connectivity index is 1.27. The maximum absolute atomic E-state index is 11.8. The molecule has 6 aromatic rings. The molecule has 9 nitrogen and oxygen atoms in total. The minimum atomic E-state index is 0.0493. The fourth-order valence-electron chi connectivity index (χ4n) is 5.07. The van der Waals surface area contributed by atoms with E-state index < -0.39 is 0 Å². The van der Waals surface area contributed by atoms with Crippen LogP contribution >= 0.6 is 11.3 Å². The third kappa shape index (κ3) is 4.07. The van der Waals surface area contributed by atoms with E-state index in [2.05, 4.69) is 41.1 Å². The van der Waals surface area contributed by atoms with Crippen molar-refractivity contribution in [1.29, 1.82) is 0 Å². The third-order valence-corrected chi connectivity index (χ3v) is 8.20. The second kappa shape index (κ2) is 9.23. The molecule has 1 aliphatic heterocycles. The monoisotopic (exact) mass is 520 g/mol. The van der Waals surface area contributed by atoms with Gasteiger partial charge in [0.1, 0.15) is 11.2 Å². The molecule has 0 spiro atoms. The van der Waals surface area contributed by atoms with Crippen molar-refractivity contribution in [3.8, 4) is 33.2 Å². The number of nitrogens with one attached hydrogen (secondary N) is 2. The van der Waals surface area contributed by atoms with Crippen molar-refractivity contribution in [2.24, 2.45) is 0 Å². The summed E-state index contributed by atoms with van der Waals surface area (Å²) in [6, 6.07) is 8.00. The lowest BCUT2D eigenvalue weighted by molar-refractivity contribution is 0.102. The van der Waals surface area contributed by atoms with E-state index in [4.69, 9.17) is 4.98 Å². The molecule has 1 fully saturated rings. The summed E-state index contributed by atoms with van der Waals surface area (Å²) in [4.78, 5) is 37.8. The SMILES string of the molecule is CC(=O)c1ccc(-c2cncc3[nH]c(-c4n[nH]c5cnc(-c6cncc(CN7CCCC7)c6)cc45)nc23)s1. The van der Waals surface area contributed by atoms with Crippen LogP contribution in [0.4, 0.5) is 0 Å². The molecule has 0 amide bonds. The number of likely N-dealkylation sites (tertiary alicyclic amines) is 1. The summed E-state index contributed by atoms with van der Waals surface area (Å²) in [6.45, 7) is 4.78. The van der Waals surface area contributed by atoms with Crippen LogP contribution in [0.3, 0.4) is 0 Å². The van der Waals surface area contributed by atoms with Gasteiger partial charge in [-0.05, 0) is 62.7 Å². The van der Waals surface area contributed by atoms with Gasteiger partial charge in [0.2, 0.25) is 0 Å². The minimum Gasteiger partial charge on any atom is -0.335 e. The predicted octanol–water partition coefficient (Wildman–Crippen LogP) is 5.49. The van der Waals surface area contributed by atoms with Gasteiger partial charge in [0, 0.05) is 46.5 Å². The number of hydrogen-bond donors (Lipinski definition) is 2. The topological polar surface area (TPSA) is 116 Å². The van der Waals surface area contributed by atoms with Crippen LogP contribution in [-0.4, -0.2) is 58.9 Å². The predicted molar refractivity (Wildman–Crippen MR) is 148 cm³/mol. The van der Waals surface area contributed by atoms with Gasteiger partial charge in [0.15, 0.2) is 11.6 Å². The Morgan fingerprint density at radius 1 is 1.03 bits per heavy atom. The standard InChI is InChI=1S/C28H24N8OS/c1-16(37)24-4-5-25(38-24)20-12-30-13-23-26(20)33-28(32-23)27-19-9-21(31-14-22(19)34-35-27)18-8-17(10-29-11-18)15-36-6-2-3-7-36/h4-5,8-14H,2-3,6-7,15H2,1H3,(H,32,33)(H,34,35). The number of nitrogens with zero attached hydrogens (tertiary/aromatic N) is 6. The van der Waals surface area contributed by atoms with Crippen LogP contribution < -0.4 is 0 Å². The van der Waals surface area contributed by atoms with Crippen LogP contribution in [0, 0.1) is 0 Å². The highest BCUT2D eigenvalue weighted by Gasteiger charge is 2.18. The maximum Gasteiger partial charge on any atom is 0.169 e. The van der Waals surface area contributed by atoms with E-state index in [1.165, 1.54) is 29.7 Å². The third-order valence-electron chi connectivity index (χ3n) is 6.98. The molecule has 6 aromatic heterocycles. The van der Waals surface area contributed by atoms with Crippen molar-refractivity contribution in [3.63, 3.8) is 0 Å². The average molecular weight is 521 g/mol. The first-order valence-electron chi connectivity index (χ1n) is 12.6. The van der Waals surface area contributed by atoms with Gasteiger partial charge in [-0.25, -0.2) is 4.98 Å². The minimum absolute atomic E-state index is 0.0493. The Bertz CT molecular complexity index is 1810. The van der Waals surface area contributed by atoms with Gasteiger partial charge in [-0.2, -0.15) is 5.10 Å². The van der Waals surface area contributed by atoms with Crippen LogP contribution in [0.15, 0.2) is 55.2 Å². The Labute approximate surface area is 222 Å². The van der Waals surface area contributed by atoms with E-state index in [-0.39, 0.29) is 5.78 Å². The smallest absolute Gasteiger partial charge is 0.169 e. The number of imidazole rings is 1. The summed E-state index contributed by atoms with van der Waals surface area (Å²) in [5.74, 6) is 0.690. The molecule has 38 heavy (non-hydrogen) atoms. The molecular weight excluding hydrogens is 496 g/mol. The van der Waals surface area contributed by atoms with Crippen LogP contribution in [0.5, 0.6) is 0 Å².